The van der Waals surface area contributed by atoms with Gasteiger partial charge in [0.2, 0.25) is 0 Å². The molecule has 1 amide bonds. The third-order valence-corrected chi connectivity index (χ3v) is 4.71. The van der Waals surface area contributed by atoms with Crippen molar-refractivity contribution in [1.82, 2.24) is 9.88 Å². The molecule has 0 fully saturated rings. The number of amides is 1. The molecule has 3 rings (SSSR count). The number of carbonyl (C=O) groups excluding carboxylic acids is 1. The Morgan fingerprint density at radius 3 is 2.69 bits per heavy atom. The Balaban J connectivity index is 1.86. The molecular weight excluding hydrogens is 362 g/mol. The lowest BCUT2D eigenvalue weighted by molar-refractivity contribution is -0.0516. The molecule has 0 aliphatic carbocycles. The SMILES string of the molecule is COc1cccc(C(=O)N(C)Cc2nc3ccccc3s2)c1OC(F)F. The van der Waals surface area contributed by atoms with Crippen LogP contribution in [-0.4, -0.2) is 36.6 Å². The zero-order valence-electron chi connectivity index (χ0n) is 14.1. The first-order valence-electron chi connectivity index (χ1n) is 7.71. The molecule has 2 aromatic carbocycles. The van der Waals surface area contributed by atoms with Gasteiger partial charge in [-0.3, -0.25) is 4.79 Å². The van der Waals surface area contributed by atoms with Crippen LogP contribution < -0.4 is 9.47 Å². The zero-order chi connectivity index (χ0) is 18.7. The first-order chi connectivity index (χ1) is 12.5. The monoisotopic (exact) mass is 378 g/mol. The molecular formula is C18H16F2N2O3S. The van der Waals surface area contributed by atoms with Crippen molar-refractivity contribution in [3.05, 3.63) is 53.0 Å². The summed E-state index contributed by atoms with van der Waals surface area (Å²) < 4.78 is 36.0. The van der Waals surface area contributed by atoms with Crippen LogP contribution in [0.3, 0.4) is 0 Å². The van der Waals surface area contributed by atoms with Gasteiger partial charge in [-0.15, -0.1) is 11.3 Å². The Hall–Kier alpha value is -2.74. The molecule has 0 bridgehead atoms. The van der Waals surface area contributed by atoms with Gasteiger partial charge in [-0.2, -0.15) is 8.78 Å². The number of rotatable bonds is 6. The summed E-state index contributed by atoms with van der Waals surface area (Å²) >= 11 is 1.48. The van der Waals surface area contributed by atoms with Gasteiger partial charge in [0.15, 0.2) is 11.5 Å². The Morgan fingerprint density at radius 2 is 2.00 bits per heavy atom. The number of hydrogen-bond acceptors (Lipinski definition) is 5. The summed E-state index contributed by atoms with van der Waals surface area (Å²) in [5.74, 6) is -0.658. The predicted molar refractivity (Wildman–Crippen MR) is 95.0 cm³/mol. The Kier molecular flexibility index (Phi) is 5.32. The number of alkyl halides is 2. The number of methoxy groups -OCH3 is 1. The molecule has 1 aromatic heterocycles. The van der Waals surface area contributed by atoms with Crippen molar-refractivity contribution in [2.75, 3.05) is 14.2 Å². The van der Waals surface area contributed by atoms with Gasteiger partial charge in [0, 0.05) is 7.05 Å². The third-order valence-electron chi connectivity index (χ3n) is 3.69. The van der Waals surface area contributed by atoms with E-state index in [0.717, 1.165) is 15.2 Å². The number of thiazole rings is 1. The Labute approximate surface area is 152 Å². The molecule has 1 heterocycles. The number of hydrogen-bond donors (Lipinski definition) is 0. The summed E-state index contributed by atoms with van der Waals surface area (Å²) in [5, 5.41) is 0.751. The van der Waals surface area contributed by atoms with Crippen molar-refractivity contribution in [3.63, 3.8) is 0 Å². The van der Waals surface area contributed by atoms with E-state index in [1.165, 1.54) is 35.5 Å². The number of benzene rings is 2. The van der Waals surface area contributed by atoms with Crippen LogP contribution in [0.5, 0.6) is 11.5 Å². The van der Waals surface area contributed by atoms with E-state index in [2.05, 4.69) is 9.72 Å². The highest BCUT2D eigenvalue weighted by Crippen LogP contribution is 2.33. The second-order valence-corrected chi connectivity index (χ2v) is 6.57. The van der Waals surface area contributed by atoms with Gasteiger partial charge in [-0.25, -0.2) is 4.98 Å². The third kappa shape index (κ3) is 3.75. The minimum absolute atomic E-state index is 0.00765. The first kappa shape index (κ1) is 18.1. The largest absolute Gasteiger partial charge is 0.493 e. The molecule has 136 valence electrons. The first-order valence-corrected chi connectivity index (χ1v) is 8.53. The molecule has 0 aliphatic heterocycles. The van der Waals surface area contributed by atoms with Crippen LogP contribution in [0.1, 0.15) is 15.4 Å². The van der Waals surface area contributed by atoms with Gasteiger partial charge in [-0.1, -0.05) is 18.2 Å². The smallest absolute Gasteiger partial charge is 0.387 e. The van der Waals surface area contributed by atoms with Crippen LogP contribution in [-0.2, 0) is 6.54 Å². The van der Waals surface area contributed by atoms with Crippen LogP contribution in [0.2, 0.25) is 0 Å². The number of nitrogens with zero attached hydrogens (tertiary/aromatic N) is 2. The van der Waals surface area contributed by atoms with E-state index in [-0.39, 0.29) is 23.6 Å². The maximum absolute atomic E-state index is 12.8. The van der Waals surface area contributed by atoms with Crippen LogP contribution in [0.25, 0.3) is 10.2 Å². The molecule has 3 aromatic rings. The highest BCUT2D eigenvalue weighted by molar-refractivity contribution is 7.18. The van der Waals surface area contributed by atoms with Gasteiger partial charge in [0.05, 0.1) is 29.4 Å². The van der Waals surface area contributed by atoms with Crippen LogP contribution in [0.4, 0.5) is 8.78 Å². The predicted octanol–water partition coefficient (Wildman–Crippen LogP) is 4.18. The number of para-hydroxylation sites is 2. The number of carbonyl (C=O) groups is 1. The average molecular weight is 378 g/mol. The standard InChI is InChI=1S/C18H16F2N2O3S/c1-22(10-15-21-12-7-3-4-9-14(12)26-15)17(23)11-6-5-8-13(24-2)16(11)25-18(19)20/h3-9,18H,10H2,1-2H3. The summed E-state index contributed by atoms with van der Waals surface area (Å²) in [4.78, 5) is 18.6. The molecule has 0 N–H and O–H groups in total. The highest BCUT2D eigenvalue weighted by Gasteiger charge is 2.23. The van der Waals surface area contributed by atoms with Crippen molar-refractivity contribution in [1.29, 1.82) is 0 Å². The quantitative estimate of drug-likeness (QED) is 0.646. The lowest BCUT2D eigenvalue weighted by atomic mass is 10.1. The van der Waals surface area contributed by atoms with E-state index in [0.29, 0.717) is 0 Å². The lowest BCUT2D eigenvalue weighted by Crippen LogP contribution is -2.27. The summed E-state index contributed by atoms with van der Waals surface area (Å²) in [6.45, 7) is -2.81. The molecule has 0 saturated carbocycles. The van der Waals surface area contributed by atoms with Crippen LogP contribution in [0, 0.1) is 0 Å². The minimum Gasteiger partial charge on any atom is -0.493 e. The molecule has 0 radical (unpaired) electrons. The lowest BCUT2D eigenvalue weighted by Gasteiger charge is -2.19. The van der Waals surface area contributed by atoms with Crippen molar-refractivity contribution in [2.45, 2.75) is 13.2 Å². The molecule has 5 nitrogen and oxygen atoms in total. The van der Waals surface area contributed by atoms with E-state index in [9.17, 15) is 13.6 Å². The van der Waals surface area contributed by atoms with Crippen LogP contribution in [0.15, 0.2) is 42.5 Å². The number of aromatic nitrogens is 1. The fourth-order valence-corrected chi connectivity index (χ4v) is 3.54. The summed E-state index contributed by atoms with van der Waals surface area (Å²) in [7, 11) is 2.91. The number of ether oxygens (including phenoxy) is 2. The van der Waals surface area contributed by atoms with Gasteiger partial charge in [0.25, 0.3) is 5.91 Å². The van der Waals surface area contributed by atoms with E-state index < -0.39 is 12.5 Å². The molecule has 0 unspecified atom stereocenters. The zero-order valence-corrected chi connectivity index (χ0v) is 14.9. The van der Waals surface area contributed by atoms with Crippen molar-refractivity contribution in [3.8, 4) is 11.5 Å². The average Bonchev–Trinajstić information content (AvgIpc) is 3.03. The normalized spacial score (nSPS) is 11.0. The molecule has 0 saturated heterocycles. The van der Waals surface area contributed by atoms with Crippen molar-refractivity contribution >= 4 is 27.5 Å². The topological polar surface area (TPSA) is 51.7 Å². The van der Waals surface area contributed by atoms with Gasteiger partial charge < -0.3 is 14.4 Å². The van der Waals surface area contributed by atoms with Gasteiger partial charge >= 0.3 is 6.61 Å². The summed E-state index contributed by atoms with van der Waals surface area (Å²) in [6, 6.07) is 12.1. The van der Waals surface area contributed by atoms with Gasteiger partial charge in [-0.05, 0) is 24.3 Å². The summed E-state index contributed by atoms with van der Waals surface area (Å²) in [5.41, 5.74) is 0.865. The second kappa shape index (κ2) is 7.65. The fourth-order valence-electron chi connectivity index (χ4n) is 2.52. The van der Waals surface area contributed by atoms with E-state index in [1.54, 1.807) is 13.1 Å². The molecule has 8 heteroatoms. The van der Waals surface area contributed by atoms with E-state index in [1.807, 2.05) is 24.3 Å². The molecule has 0 spiro atoms. The van der Waals surface area contributed by atoms with Gasteiger partial charge in [0.1, 0.15) is 5.01 Å². The van der Waals surface area contributed by atoms with Crippen molar-refractivity contribution in [2.24, 2.45) is 0 Å². The Bertz CT molecular complexity index is 897. The fraction of sp³-hybridized carbons (Fsp3) is 0.222. The highest BCUT2D eigenvalue weighted by atomic mass is 32.1. The maximum atomic E-state index is 12.8. The van der Waals surface area contributed by atoms with E-state index in [4.69, 9.17) is 4.74 Å². The molecule has 26 heavy (non-hydrogen) atoms. The minimum atomic E-state index is -3.06. The second-order valence-electron chi connectivity index (χ2n) is 5.45. The maximum Gasteiger partial charge on any atom is 0.387 e. The van der Waals surface area contributed by atoms with Crippen LogP contribution >= 0.6 is 11.3 Å². The number of fused-ring (bicyclic) bond motifs is 1. The van der Waals surface area contributed by atoms with E-state index >= 15 is 0 Å². The Morgan fingerprint density at radius 1 is 1.23 bits per heavy atom. The molecule has 0 aliphatic rings. The number of halogens is 2. The molecule has 0 atom stereocenters. The summed E-state index contributed by atoms with van der Waals surface area (Å²) in [6.07, 6.45) is 0. The van der Waals surface area contributed by atoms with Crippen molar-refractivity contribution < 1.29 is 23.0 Å².